The van der Waals surface area contributed by atoms with E-state index in [2.05, 4.69) is 15.6 Å². The van der Waals surface area contributed by atoms with Crippen LogP contribution >= 0.6 is 0 Å². The zero-order chi connectivity index (χ0) is 22.5. The number of amides is 2. The number of rotatable bonds is 6. The summed E-state index contributed by atoms with van der Waals surface area (Å²) in [5.74, 6) is -0.756. The number of hydrogen-bond acceptors (Lipinski definition) is 3. The van der Waals surface area contributed by atoms with Gasteiger partial charge < -0.3 is 20.5 Å². The second kappa shape index (κ2) is 9.22. The van der Waals surface area contributed by atoms with Crippen molar-refractivity contribution in [3.8, 4) is 0 Å². The molecule has 0 spiro atoms. The third kappa shape index (κ3) is 4.87. The van der Waals surface area contributed by atoms with Gasteiger partial charge in [0, 0.05) is 42.7 Å². The molecule has 0 atom stereocenters. The minimum absolute atomic E-state index is 0.156. The summed E-state index contributed by atoms with van der Waals surface area (Å²) >= 11 is 0. The van der Waals surface area contributed by atoms with Gasteiger partial charge in [-0.05, 0) is 59.5 Å². The minimum Gasteiger partial charge on any atom is -0.378 e. The second-order valence-corrected chi connectivity index (χ2v) is 7.60. The Morgan fingerprint density at radius 2 is 1.66 bits per heavy atom. The lowest BCUT2D eigenvalue weighted by Gasteiger charge is -2.13. The highest BCUT2D eigenvalue weighted by Gasteiger charge is 2.15. The van der Waals surface area contributed by atoms with Crippen LogP contribution in [0.4, 0.5) is 11.4 Å². The van der Waals surface area contributed by atoms with Crippen molar-refractivity contribution in [2.75, 3.05) is 24.3 Å². The third-order valence-electron chi connectivity index (χ3n) is 5.06. The predicted molar refractivity (Wildman–Crippen MR) is 130 cm³/mol. The molecule has 6 nitrogen and oxygen atoms in total. The summed E-state index contributed by atoms with van der Waals surface area (Å²) in [4.78, 5) is 31.0. The molecule has 160 valence electrons. The fourth-order valence-corrected chi connectivity index (χ4v) is 3.30. The highest BCUT2D eigenvalue weighted by Crippen LogP contribution is 2.19. The summed E-state index contributed by atoms with van der Waals surface area (Å²) in [7, 11) is 3.93. The van der Waals surface area contributed by atoms with Gasteiger partial charge in [0.05, 0.1) is 0 Å². The molecule has 4 rings (SSSR count). The number of hydrogen-bond donors (Lipinski definition) is 3. The molecule has 0 aliphatic carbocycles. The highest BCUT2D eigenvalue weighted by molar-refractivity contribution is 6.11. The van der Waals surface area contributed by atoms with Crippen molar-refractivity contribution in [2.45, 2.75) is 0 Å². The topological polar surface area (TPSA) is 77.2 Å². The number of aromatic amines is 1. The Hall–Kier alpha value is -4.32. The number of benzene rings is 3. The molecule has 0 radical (unpaired) electrons. The fraction of sp³-hybridized carbons (Fsp3) is 0.0769. The Morgan fingerprint density at radius 1 is 0.906 bits per heavy atom. The zero-order valence-corrected chi connectivity index (χ0v) is 17.9. The van der Waals surface area contributed by atoms with Crippen molar-refractivity contribution in [2.24, 2.45) is 0 Å². The lowest BCUT2D eigenvalue weighted by Crippen LogP contribution is -2.30. The van der Waals surface area contributed by atoms with Gasteiger partial charge in [-0.25, -0.2) is 0 Å². The van der Waals surface area contributed by atoms with Crippen LogP contribution in [0.2, 0.25) is 0 Å². The van der Waals surface area contributed by atoms with Gasteiger partial charge in [0.2, 0.25) is 0 Å². The highest BCUT2D eigenvalue weighted by atomic mass is 16.2. The van der Waals surface area contributed by atoms with E-state index in [1.54, 1.807) is 30.3 Å². The van der Waals surface area contributed by atoms with Crippen LogP contribution in [0, 0.1) is 0 Å². The van der Waals surface area contributed by atoms with E-state index in [0.29, 0.717) is 11.3 Å². The van der Waals surface area contributed by atoms with E-state index in [9.17, 15) is 9.59 Å². The molecule has 0 fully saturated rings. The summed E-state index contributed by atoms with van der Waals surface area (Å²) in [6, 6.07) is 24.1. The molecular weight excluding hydrogens is 400 g/mol. The number of carbonyl (C=O) groups excluding carboxylic acids is 2. The van der Waals surface area contributed by atoms with Crippen molar-refractivity contribution >= 4 is 40.2 Å². The molecule has 6 heteroatoms. The van der Waals surface area contributed by atoms with Crippen molar-refractivity contribution in [1.29, 1.82) is 0 Å². The van der Waals surface area contributed by atoms with E-state index < -0.39 is 5.91 Å². The Balaban J connectivity index is 1.62. The standard InChI is InChI=1S/C26H24N4O2/c1-30(2)22-12-8-18(9-13-22)16-24(29-25(31)20-6-4-3-5-7-20)26(32)28-21-11-10-19-14-15-27-23(19)17-21/h3-17,27H,1-2H3,(H,28,32)(H,29,31)/b24-16+. The van der Waals surface area contributed by atoms with Gasteiger partial charge in [-0.1, -0.05) is 36.4 Å². The first-order valence-electron chi connectivity index (χ1n) is 10.2. The van der Waals surface area contributed by atoms with Crippen molar-refractivity contribution in [3.05, 3.63) is 102 Å². The van der Waals surface area contributed by atoms with Gasteiger partial charge in [-0.15, -0.1) is 0 Å². The maximum absolute atomic E-state index is 13.1. The average Bonchev–Trinajstić information content (AvgIpc) is 3.27. The molecule has 3 N–H and O–H groups in total. The van der Waals surface area contributed by atoms with Crippen molar-refractivity contribution in [1.82, 2.24) is 10.3 Å². The van der Waals surface area contributed by atoms with Crippen LogP contribution in [0.15, 0.2) is 90.8 Å². The summed E-state index contributed by atoms with van der Waals surface area (Å²) in [6.45, 7) is 0. The lowest BCUT2D eigenvalue weighted by molar-refractivity contribution is -0.113. The van der Waals surface area contributed by atoms with Crippen LogP contribution in [0.3, 0.4) is 0 Å². The fourth-order valence-electron chi connectivity index (χ4n) is 3.30. The van der Waals surface area contributed by atoms with Crippen LogP contribution < -0.4 is 15.5 Å². The Morgan fingerprint density at radius 3 is 2.38 bits per heavy atom. The van der Waals surface area contributed by atoms with Gasteiger partial charge >= 0.3 is 0 Å². The number of H-pyrrole nitrogens is 1. The molecule has 0 aliphatic rings. The molecule has 0 saturated carbocycles. The molecule has 1 heterocycles. The number of anilines is 2. The maximum Gasteiger partial charge on any atom is 0.272 e. The predicted octanol–water partition coefficient (Wildman–Crippen LogP) is 4.64. The molecule has 32 heavy (non-hydrogen) atoms. The van der Waals surface area contributed by atoms with Crippen LogP contribution in [-0.2, 0) is 4.79 Å². The molecule has 0 aliphatic heterocycles. The molecule has 0 bridgehead atoms. The van der Waals surface area contributed by atoms with Crippen LogP contribution in [-0.4, -0.2) is 30.9 Å². The molecule has 1 aromatic heterocycles. The Bertz CT molecular complexity index is 1270. The molecule has 0 unspecified atom stereocenters. The minimum atomic E-state index is -0.406. The number of fused-ring (bicyclic) bond motifs is 1. The maximum atomic E-state index is 13.1. The average molecular weight is 425 g/mol. The number of carbonyl (C=O) groups is 2. The van der Waals surface area contributed by atoms with Gasteiger partial charge in [0.25, 0.3) is 11.8 Å². The van der Waals surface area contributed by atoms with E-state index in [4.69, 9.17) is 0 Å². The van der Waals surface area contributed by atoms with Crippen molar-refractivity contribution in [3.63, 3.8) is 0 Å². The second-order valence-electron chi connectivity index (χ2n) is 7.60. The van der Waals surface area contributed by atoms with E-state index in [-0.39, 0.29) is 11.6 Å². The first-order valence-corrected chi connectivity index (χ1v) is 10.2. The summed E-state index contributed by atoms with van der Waals surface area (Å²) in [6.07, 6.45) is 3.52. The van der Waals surface area contributed by atoms with Gasteiger partial charge in [0.15, 0.2) is 0 Å². The van der Waals surface area contributed by atoms with E-state index in [1.165, 1.54) is 0 Å². The number of nitrogens with zero attached hydrogens (tertiary/aromatic N) is 1. The van der Waals surface area contributed by atoms with Crippen molar-refractivity contribution < 1.29 is 9.59 Å². The van der Waals surface area contributed by atoms with Gasteiger partial charge in [-0.2, -0.15) is 0 Å². The first kappa shape index (κ1) is 20.9. The molecule has 4 aromatic rings. The van der Waals surface area contributed by atoms with Crippen LogP contribution in [0.5, 0.6) is 0 Å². The van der Waals surface area contributed by atoms with E-state index in [1.807, 2.05) is 79.8 Å². The quantitative estimate of drug-likeness (QED) is 0.395. The smallest absolute Gasteiger partial charge is 0.272 e. The van der Waals surface area contributed by atoms with E-state index in [0.717, 1.165) is 22.2 Å². The van der Waals surface area contributed by atoms with Gasteiger partial charge in [-0.3, -0.25) is 9.59 Å². The first-order chi connectivity index (χ1) is 15.5. The molecule has 2 amide bonds. The van der Waals surface area contributed by atoms with Crippen LogP contribution in [0.1, 0.15) is 15.9 Å². The number of nitrogens with one attached hydrogen (secondary N) is 3. The lowest BCUT2D eigenvalue weighted by atomic mass is 10.1. The molecular formula is C26H24N4O2. The van der Waals surface area contributed by atoms with Gasteiger partial charge in [0.1, 0.15) is 5.70 Å². The Labute approximate surface area is 186 Å². The molecule has 0 saturated heterocycles. The van der Waals surface area contributed by atoms with E-state index >= 15 is 0 Å². The SMILES string of the molecule is CN(C)c1ccc(/C=C(/NC(=O)c2ccccc2)C(=O)Nc2ccc3cc[nH]c3c2)cc1. The summed E-state index contributed by atoms with van der Waals surface area (Å²) in [5.41, 5.74) is 4.02. The number of aromatic nitrogens is 1. The Kier molecular flexibility index (Phi) is 6.03. The van der Waals surface area contributed by atoms with Crippen LogP contribution in [0.25, 0.3) is 17.0 Å². The normalized spacial score (nSPS) is 11.2. The monoisotopic (exact) mass is 424 g/mol. The molecule has 3 aromatic carbocycles. The summed E-state index contributed by atoms with van der Waals surface area (Å²) in [5, 5.41) is 6.70. The largest absolute Gasteiger partial charge is 0.378 e. The summed E-state index contributed by atoms with van der Waals surface area (Å²) < 4.78 is 0. The third-order valence-corrected chi connectivity index (χ3v) is 5.06. The zero-order valence-electron chi connectivity index (χ0n) is 17.9.